The first-order valence-electron chi connectivity index (χ1n) is 13.0. The third-order valence-corrected chi connectivity index (χ3v) is 8.79. The molecular weight excluding hydrogens is 512 g/mol. The summed E-state index contributed by atoms with van der Waals surface area (Å²) in [5.41, 5.74) is -4.07. The van der Waals surface area contributed by atoms with Gasteiger partial charge in [-0.15, -0.1) is 0 Å². The molecule has 2 saturated carbocycles. The predicted molar refractivity (Wildman–Crippen MR) is 136 cm³/mol. The molecule has 0 radical (unpaired) electrons. The number of hydrogen-bond donors (Lipinski definition) is 3. The second kappa shape index (κ2) is 10.3. The maximum Gasteiger partial charge on any atom is 0.303 e. The van der Waals surface area contributed by atoms with Crippen LogP contribution >= 0.6 is 0 Å². The first kappa shape index (κ1) is 30.8. The molecule has 0 heterocycles. The summed E-state index contributed by atoms with van der Waals surface area (Å²) in [6.07, 6.45) is -7.83. The van der Waals surface area contributed by atoms with Gasteiger partial charge < -0.3 is 34.3 Å². The fraction of sp³-hybridized carbons (Fsp3) is 0.714. The van der Waals surface area contributed by atoms with Crippen LogP contribution in [-0.2, 0) is 38.1 Å². The average Bonchev–Trinajstić information content (AvgIpc) is 3.00. The Labute approximate surface area is 228 Å². The Hall–Kier alpha value is -2.76. The summed E-state index contributed by atoms with van der Waals surface area (Å²) in [5.74, 6) is -3.99. The Balaban J connectivity index is 2.58. The van der Waals surface area contributed by atoms with Gasteiger partial charge in [0.05, 0.1) is 28.6 Å². The number of carbonyl (C=O) groups excluding carboxylic acids is 4. The third-order valence-electron chi connectivity index (χ3n) is 8.79. The minimum absolute atomic E-state index is 0.126. The zero-order chi connectivity index (χ0) is 29.8. The molecule has 11 nitrogen and oxygen atoms in total. The highest BCUT2D eigenvalue weighted by Gasteiger charge is 2.73. The van der Waals surface area contributed by atoms with Crippen molar-refractivity contribution in [2.24, 2.45) is 16.7 Å². The van der Waals surface area contributed by atoms with Gasteiger partial charge >= 0.3 is 23.9 Å². The molecule has 11 heteroatoms. The highest BCUT2D eigenvalue weighted by Crippen LogP contribution is 2.66. The van der Waals surface area contributed by atoms with Crippen LogP contribution in [0, 0.1) is 16.7 Å². The summed E-state index contributed by atoms with van der Waals surface area (Å²) in [5, 5.41) is 34.1. The van der Waals surface area contributed by atoms with Crippen molar-refractivity contribution in [3.63, 3.8) is 0 Å². The van der Waals surface area contributed by atoms with Gasteiger partial charge in [0.15, 0.2) is 12.2 Å². The lowest BCUT2D eigenvalue weighted by molar-refractivity contribution is -0.215. The standard InChI is InChI=1S/C28H40O11/c1-12-18(33)10-20(36-14(3)29)27(9)22(12)24(38-16(5)31)28(26(7,8)35)11-19(34)13(2)21(28)23(37-15(4)30)25(27)39-17(6)32/h18-20,22-25,33-35H,1,10-11H2,2-9H3. The summed E-state index contributed by atoms with van der Waals surface area (Å²) < 4.78 is 23.4. The summed E-state index contributed by atoms with van der Waals surface area (Å²) >= 11 is 0. The van der Waals surface area contributed by atoms with Gasteiger partial charge in [0, 0.05) is 40.0 Å². The van der Waals surface area contributed by atoms with Crippen LogP contribution < -0.4 is 0 Å². The molecule has 0 amide bonds. The quantitative estimate of drug-likeness (QED) is 0.257. The molecule has 218 valence electrons. The van der Waals surface area contributed by atoms with E-state index < -0.39 is 82.8 Å². The Kier molecular flexibility index (Phi) is 8.15. The zero-order valence-electron chi connectivity index (χ0n) is 23.8. The van der Waals surface area contributed by atoms with Crippen molar-refractivity contribution >= 4 is 23.9 Å². The van der Waals surface area contributed by atoms with Gasteiger partial charge in [-0.25, -0.2) is 0 Å². The zero-order valence-corrected chi connectivity index (χ0v) is 23.8. The number of fused-ring (bicyclic) bond motifs is 2. The average molecular weight is 553 g/mol. The van der Waals surface area contributed by atoms with Crippen molar-refractivity contribution in [2.75, 3.05) is 0 Å². The van der Waals surface area contributed by atoms with Crippen molar-refractivity contribution < 1.29 is 53.4 Å². The molecule has 39 heavy (non-hydrogen) atoms. The molecule has 3 aliphatic rings. The van der Waals surface area contributed by atoms with E-state index in [-0.39, 0.29) is 24.0 Å². The Bertz CT molecular complexity index is 1100. The first-order valence-corrected chi connectivity index (χ1v) is 13.0. The SMILES string of the molecule is C=C1C(O)CC(OC(C)=O)C2(C)C(OC(C)=O)C(OC(C)=O)C3=C(C)C(O)CC3(C(C)(C)O)C(OC(C)=O)C12. The van der Waals surface area contributed by atoms with Crippen molar-refractivity contribution in [1.82, 2.24) is 0 Å². The monoisotopic (exact) mass is 552 g/mol. The van der Waals surface area contributed by atoms with E-state index in [1.54, 1.807) is 13.8 Å². The summed E-state index contributed by atoms with van der Waals surface area (Å²) in [6, 6.07) is 0. The van der Waals surface area contributed by atoms with Gasteiger partial charge in [-0.1, -0.05) is 13.5 Å². The van der Waals surface area contributed by atoms with Crippen molar-refractivity contribution in [3.8, 4) is 0 Å². The number of hydrogen-bond acceptors (Lipinski definition) is 11. The van der Waals surface area contributed by atoms with E-state index in [0.717, 1.165) is 0 Å². The number of aliphatic hydroxyl groups excluding tert-OH is 2. The van der Waals surface area contributed by atoms with E-state index in [2.05, 4.69) is 6.58 Å². The summed E-state index contributed by atoms with van der Waals surface area (Å²) in [6.45, 7) is 15.0. The van der Waals surface area contributed by atoms with Crippen LogP contribution in [0.1, 0.15) is 68.2 Å². The molecule has 0 aromatic heterocycles. The molecule has 3 rings (SSSR count). The van der Waals surface area contributed by atoms with Crippen LogP contribution in [0.25, 0.3) is 0 Å². The molecule has 0 aromatic rings. The normalized spacial score (nSPS) is 38.2. The predicted octanol–water partition coefficient (Wildman–Crippen LogP) is 1.51. The van der Waals surface area contributed by atoms with E-state index in [1.807, 2.05) is 0 Å². The van der Waals surface area contributed by atoms with Crippen LogP contribution in [0.5, 0.6) is 0 Å². The van der Waals surface area contributed by atoms with Crippen molar-refractivity contribution in [3.05, 3.63) is 23.3 Å². The smallest absolute Gasteiger partial charge is 0.303 e. The molecule has 2 fully saturated rings. The van der Waals surface area contributed by atoms with Gasteiger partial charge in [0.2, 0.25) is 0 Å². The summed E-state index contributed by atoms with van der Waals surface area (Å²) in [7, 11) is 0. The molecule has 0 bridgehead atoms. The molecule has 0 aromatic carbocycles. The van der Waals surface area contributed by atoms with Crippen LogP contribution in [0.4, 0.5) is 0 Å². The lowest BCUT2D eigenvalue weighted by Crippen LogP contribution is -2.63. The van der Waals surface area contributed by atoms with E-state index in [1.165, 1.54) is 41.5 Å². The molecule has 0 aliphatic heterocycles. The highest BCUT2D eigenvalue weighted by atomic mass is 16.6. The molecule has 3 N–H and O–H groups in total. The highest BCUT2D eigenvalue weighted by molar-refractivity contribution is 5.70. The van der Waals surface area contributed by atoms with E-state index in [0.29, 0.717) is 5.57 Å². The maximum absolute atomic E-state index is 12.7. The summed E-state index contributed by atoms with van der Waals surface area (Å²) in [4.78, 5) is 50.1. The molecule has 3 aliphatic carbocycles. The van der Waals surface area contributed by atoms with Crippen LogP contribution in [0.15, 0.2) is 23.3 Å². The molecule has 0 saturated heterocycles. The Morgan fingerprint density at radius 1 is 0.872 bits per heavy atom. The molecular formula is C28H40O11. The molecule has 0 spiro atoms. The fourth-order valence-electron chi connectivity index (χ4n) is 7.22. The third kappa shape index (κ3) is 4.89. The lowest BCUT2D eigenvalue weighted by Gasteiger charge is -2.55. The van der Waals surface area contributed by atoms with Gasteiger partial charge in [-0.05, 0) is 43.9 Å². The molecule has 9 unspecified atom stereocenters. The fourth-order valence-corrected chi connectivity index (χ4v) is 7.22. The van der Waals surface area contributed by atoms with Crippen LogP contribution in [-0.4, -0.2) is 81.4 Å². The minimum atomic E-state index is -1.73. The van der Waals surface area contributed by atoms with E-state index in [4.69, 9.17) is 18.9 Å². The van der Waals surface area contributed by atoms with Crippen molar-refractivity contribution in [1.29, 1.82) is 0 Å². The van der Waals surface area contributed by atoms with E-state index in [9.17, 15) is 34.5 Å². The Morgan fingerprint density at radius 2 is 1.36 bits per heavy atom. The number of carbonyl (C=O) groups is 4. The van der Waals surface area contributed by atoms with Crippen molar-refractivity contribution in [2.45, 2.75) is 110 Å². The number of ether oxygens (including phenoxy) is 4. The second-order valence-electron chi connectivity index (χ2n) is 11.7. The van der Waals surface area contributed by atoms with E-state index >= 15 is 0 Å². The van der Waals surface area contributed by atoms with Gasteiger partial charge in [0.1, 0.15) is 12.2 Å². The minimum Gasteiger partial charge on any atom is -0.462 e. The maximum atomic E-state index is 12.7. The first-order chi connectivity index (χ1) is 17.8. The number of rotatable bonds is 5. The largest absolute Gasteiger partial charge is 0.462 e. The molecule has 9 atom stereocenters. The number of aliphatic hydroxyl groups is 3. The number of esters is 4. The van der Waals surface area contributed by atoms with Crippen LogP contribution in [0.3, 0.4) is 0 Å². The van der Waals surface area contributed by atoms with Gasteiger partial charge in [-0.2, -0.15) is 0 Å². The van der Waals surface area contributed by atoms with Gasteiger partial charge in [-0.3, -0.25) is 19.2 Å². The second-order valence-corrected chi connectivity index (χ2v) is 11.7. The topological polar surface area (TPSA) is 166 Å². The van der Waals surface area contributed by atoms with Crippen LogP contribution in [0.2, 0.25) is 0 Å². The Morgan fingerprint density at radius 3 is 1.82 bits per heavy atom. The van der Waals surface area contributed by atoms with Gasteiger partial charge in [0.25, 0.3) is 0 Å². The lowest BCUT2D eigenvalue weighted by atomic mass is 9.54.